The van der Waals surface area contributed by atoms with Gasteiger partial charge in [0.25, 0.3) is 15.9 Å². The SMILES string of the molecule is CCOC(=O)c1c(C)oc2ccc(N(C(=O)c3ccccc3)S(=O)(=O)c3ccc(C)cc3)cc12. The summed E-state index contributed by atoms with van der Waals surface area (Å²) in [5.74, 6) is -0.968. The molecule has 0 fully saturated rings. The Balaban J connectivity index is 1.93. The molecule has 0 aliphatic carbocycles. The Labute approximate surface area is 197 Å². The van der Waals surface area contributed by atoms with Gasteiger partial charge >= 0.3 is 5.97 Å². The molecule has 1 heterocycles. The Bertz CT molecular complexity index is 1470. The molecule has 4 rings (SSSR count). The van der Waals surface area contributed by atoms with E-state index in [1.807, 2.05) is 6.92 Å². The smallest absolute Gasteiger partial charge is 0.342 e. The van der Waals surface area contributed by atoms with Gasteiger partial charge < -0.3 is 9.15 Å². The first-order valence-electron chi connectivity index (χ1n) is 10.7. The molecule has 0 aliphatic heterocycles. The number of amides is 1. The maximum absolute atomic E-state index is 13.7. The molecule has 174 valence electrons. The number of anilines is 1. The van der Waals surface area contributed by atoms with E-state index in [1.165, 1.54) is 30.3 Å². The first-order valence-corrected chi connectivity index (χ1v) is 12.1. The van der Waals surface area contributed by atoms with Gasteiger partial charge in [0.2, 0.25) is 0 Å². The molecule has 0 N–H and O–H groups in total. The molecule has 0 spiro atoms. The van der Waals surface area contributed by atoms with Crippen molar-refractivity contribution < 1.29 is 27.2 Å². The van der Waals surface area contributed by atoms with Gasteiger partial charge in [-0.05, 0) is 63.2 Å². The highest BCUT2D eigenvalue weighted by Crippen LogP contribution is 2.33. The van der Waals surface area contributed by atoms with Crippen LogP contribution < -0.4 is 4.31 Å². The number of hydrogen-bond acceptors (Lipinski definition) is 6. The van der Waals surface area contributed by atoms with Crippen molar-refractivity contribution in [3.63, 3.8) is 0 Å². The van der Waals surface area contributed by atoms with E-state index < -0.39 is 21.9 Å². The Hall–Kier alpha value is -3.91. The lowest BCUT2D eigenvalue weighted by molar-refractivity contribution is 0.0526. The average Bonchev–Trinajstić information content (AvgIpc) is 3.15. The first kappa shape index (κ1) is 23.3. The maximum atomic E-state index is 13.7. The van der Waals surface area contributed by atoms with Crippen LogP contribution in [-0.2, 0) is 14.8 Å². The number of fused-ring (bicyclic) bond motifs is 1. The summed E-state index contributed by atoms with van der Waals surface area (Å²) in [4.78, 5) is 26.0. The average molecular weight is 478 g/mol. The molecule has 7 nitrogen and oxygen atoms in total. The van der Waals surface area contributed by atoms with Gasteiger partial charge in [-0.3, -0.25) is 4.79 Å². The van der Waals surface area contributed by atoms with Crippen molar-refractivity contribution in [1.29, 1.82) is 0 Å². The van der Waals surface area contributed by atoms with Gasteiger partial charge in [0, 0.05) is 10.9 Å². The van der Waals surface area contributed by atoms with Crippen molar-refractivity contribution in [3.05, 3.63) is 95.2 Å². The van der Waals surface area contributed by atoms with Gasteiger partial charge in [0.1, 0.15) is 16.9 Å². The summed E-state index contributed by atoms with van der Waals surface area (Å²) in [6.07, 6.45) is 0. The molecule has 0 radical (unpaired) electrons. The molecule has 1 amide bonds. The van der Waals surface area contributed by atoms with Crippen molar-refractivity contribution >= 4 is 38.6 Å². The number of nitrogens with zero attached hydrogens (tertiary/aromatic N) is 1. The molecule has 0 bridgehead atoms. The summed E-state index contributed by atoms with van der Waals surface area (Å²) in [5, 5.41) is 0.360. The fourth-order valence-electron chi connectivity index (χ4n) is 3.67. The van der Waals surface area contributed by atoms with E-state index in [4.69, 9.17) is 9.15 Å². The number of ether oxygens (including phenoxy) is 1. The highest BCUT2D eigenvalue weighted by Gasteiger charge is 2.33. The van der Waals surface area contributed by atoms with Crippen molar-refractivity contribution in [2.75, 3.05) is 10.9 Å². The van der Waals surface area contributed by atoms with E-state index in [9.17, 15) is 18.0 Å². The molecule has 0 aliphatic rings. The van der Waals surface area contributed by atoms with E-state index in [1.54, 1.807) is 56.3 Å². The molecule has 0 unspecified atom stereocenters. The highest BCUT2D eigenvalue weighted by molar-refractivity contribution is 7.93. The number of furan rings is 1. The Kier molecular flexibility index (Phi) is 6.26. The largest absolute Gasteiger partial charge is 0.462 e. The summed E-state index contributed by atoms with van der Waals surface area (Å²) in [5.41, 5.74) is 1.73. The van der Waals surface area contributed by atoms with Crippen LogP contribution in [0.1, 0.15) is 39.0 Å². The number of esters is 1. The van der Waals surface area contributed by atoms with Crippen LogP contribution in [0.15, 0.2) is 82.1 Å². The summed E-state index contributed by atoms with van der Waals surface area (Å²) < 4.78 is 39.0. The van der Waals surface area contributed by atoms with Crippen molar-refractivity contribution in [3.8, 4) is 0 Å². The fourth-order valence-corrected chi connectivity index (χ4v) is 5.08. The monoisotopic (exact) mass is 477 g/mol. The minimum absolute atomic E-state index is 0.0310. The Morgan fingerprint density at radius 3 is 2.26 bits per heavy atom. The Morgan fingerprint density at radius 1 is 0.941 bits per heavy atom. The lowest BCUT2D eigenvalue weighted by Crippen LogP contribution is -2.37. The van der Waals surface area contributed by atoms with E-state index in [-0.39, 0.29) is 28.3 Å². The summed E-state index contributed by atoms with van der Waals surface area (Å²) in [7, 11) is -4.29. The van der Waals surface area contributed by atoms with Crippen molar-refractivity contribution in [2.45, 2.75) is 25.7 Å². The second-order valence-electron chi connectivity index (χ2n) is 7.69. The van der Waals surface area contributed by atoms with E-state index in [2.05, 4.69) is 0 Å². The van der Waals surface area contributed by atoms with Crippen LogP contribution >= 0.6 is 0 Å². The number of aryl methyl sites for hydroxylation is 2. The van der Waals surface area contributed by atoms with Crippen LogP contribution in [0.5, 0.6) is 0 Å². The van der Waals surface area contributed by atoms with Crippen LogP contribution in [0.2, 0.25) is 0 Å². The molecule has 34 heavy (non-hydrogen) atoms. The number of carbonyl (C=O) groups is 2. The maximum Gasteiger partial charge on any atom is 0.342 e. The van der Waals surface area contributed by atoms with Crippen LogP contribution in [-0.4, -0.2) is 26.9 Å². The molecular formula is C26H23NO6S. The van der Waals surface area contributed by atoms with E-state index in [0.717, 1.165) is 9.87 Å². The van der Waals surface area contributed by atoms with Crippen LogP contribution in [0.4, 0.5) is 5.69 Å². The third-order valence-electron chi connectivity index (χ3n) is 5.33. The lowest BCUT2D eigenvalue weighted by Gasteiger charge is -2.23. The molecular weight excluding hydrogens is 454 g/mol. The van der Waals surface area contributed by atoms with Gasteiger partial charge in [0.05, 0.1) is 17.2 Å². The topological polar surface area (TPSA) is 93.9 Å². The van der Waals surface area contributed by atoms with Gasteiger partial charge in [-0.1, -0.05) is 35.9 Å². The molecule has 1 aromatic heterocycles. The van der Waals surface area contributed by atoms with Crippen LogP contribution in [0.25, 0.3) is 11.0 Å². The lowest BCUT2D eigenvalue weighted by atomic mass is 10.1. The zero-order chi connectivity index (χ0) is 24.5. The second kappa shape index (κ2) is 9.15. The quantitative estimate of drug-likeness (QED) is 0.352. The number of hydrogen-bond donors (Lipinski definition) is 0. The number of rotatable bonds is 6. The predicted molar refractivity (Wildman–Crippen MR) is 129 cm³/mol. The number of benzene rings is 3. The molecule has 0 saturated heterocycles. The second-order valence-corrected chi connectivity index (χ2v) is 9.47. The van der Waals surface area contributed by atoms with E-state index in [0.29, 0.717) is 16.7 Å². The van der Waals surface area contributed by atoms with Gasteiger partial charge in [0.15, 0.2) is 0 Å². The first-order chi connectivity index (χ1) is 16.2. The van der Waals surface area contributed by atoms with Gasteiger partial charge in [-0.2, -0.15) is 4.31 Å². The summed E-state index contributed by atoms with van der Waals surface area (Å²) >= 11 is 0. The third kappa shape index (κ3) is 4.20. The Morgan fingerprint density at radius 2 is 1.62 bits per heavy atom. The molecule has 4 aromatic rings. The summed E-state index contributed by atoms with van der Waals surface area (Å²) in [6, 6.07) is 18.9. The fraction of sp³-hybridized carbons (Fsp3) is 0.154. The summed E-state index contributed by atoms with van der Waals surface area (Å²) in [6.45, 7) is 5.33. The standard InChI is InChI=1S/C26H23NO6S/c1-4-32-26(29)24-18(3)33-23-15-12-20(16-22(23)24)27(25(28)19-8-6-5-7-9-19)34(30,31)21-13-10-17(2)11-14-21/h5-16H,4H2,1-3H3. The van der Waals surface area contributed by atoms with Crippen LogP contribution in [0.3, 0.4) is 0 Å². The van der Waals surface area contributed by atoms with Crippen molar-refractivity contribution in [2.24, 2.45) is 0 Å². The van der Waals surface area contributed by atoms with Crippen LogP contribution in [0, 0.1) is 13.8 Å². The molecule has 0 atom stereocenters. The molecule has 8 heteroatoms. The molecule has 3 aromatic carbocycles. The zero-order valence-corrected chi connectivity index (χ0v) is 19.8. The third-order valence-corrected chi connectivity index (χ3v) is 7.05. The number of carbonyl (C=O) groups excluding carboxylic acids is 2. The predicted octanol–water partition coefficient (Wildman–Crippen LogP) is 5.26. The highest BCUT2D eigenvalue weighted by atomic mass is 32.2. The normalized spacial score (nSPS) is 11.4. The number of sulfonamides is 1. The molecule has 0 saturated carbocycles. The van der Waals surface area contributed by atoms with Crippen molar-refractivity contribution in [1.82, 2.24) is 0 Å². The minimum atomic E-state index is -4.29. The van der Waals surface area contributed by atoms with Gasteiger partial charge in [-0.25, -0.2) is 13.2 Å². The van der Waals surface area contributed by atoms with Gasteiger partial charge in [-0.15, -0.1) is 0 Å². The minimum Gasteiger partial charge on any atom is -0.462 e. The van der Waals surface area contributed by atoms with E-state index >= 15 is 0 Å². The zero-order valence-electron chi connectivity index (χ0n) is 18.9.